The van der Waals surface area contributed by atoms with Gasteiger partial charge in [-0.3, -0.25) is 4.79 Å². The van der Waals surface area contributed by atoms with Crippen LogP contribution in [0.4, 0.5) is 0 Å². The van der Waals surface area contributed by atoms with E-state index in [0.717, 1.165) is 16.2 Å². The summed E-state index contributed by atoms with van der Waals surface area (Å²) < 4.78 is 5.13. The zero-order valence-corrected chi connectivity index (χ0v) is 13.8. The number of nitrogens with zero attached hydrogens (tertiary/aromatic N) is 1. The molecule has 3 rings (SSSR count). The van der Waals surface area contributed by atoms with Gasteiger partial charge >= 0.3 is 0 Å². The van der Waals surface area contributed by atoms with Crippen LogP contribution >= 0.6 is 11.3 Å². The van der Waals surface area contributed by atoms with Gasteiger partial charge in [0, 0.05) is 11.6 Å². The average Bonchev–Trinajstić information content (AvgIpc) is 3.32. The van der Waals surface area contributed by atoms with E-state index in [2.05, 4.69) is 5.16 Å². The van der Waals surface area contributed by atoms with Crippen LogP contribution in [0.5, 0.6) is 0 Å². The number of carbonyl (C=O) groups is 1. The van der Waals surface area contributed by atoms with E-state index in [4.69, 9.17) is 9.25 Å². The molecule has 5 heteroatoms. The maximum absolute atomic E-state index is 12.3. The van der Waals surface area contributed by atoms with E-state index in [9.17, 15) is 4.79 Å². The Morgan fingerprint density at radius 1 is 1.12 bits per heavy atom. The van der Waals surface area contributed by atoms with E-state index in [1.165, 1.54) is 12.3 Å². The predicted octanol–water partition coefficient (Wildman–Crippen LogP) is 5.01. The summed E-state index contributed by atoms with van der Waals surface area (Å²) in [5, 5.41) is 6.13. The Balaban J connectivity index is 1.88. The lowest BCUT2D eigenvalue weighted by Crippen LogP contribution is -1.98. The van der Waals surface area contributed by atoms with Crippen LogP contribution in [0.15, 0.2) is 81.9 Å². The van der Waals surface area contributed by atoms with Gasteiger partial charge in [-0.25, -0.2) is 0 Å². The van der Waals surface area contributed by atoms with Crippen LogP contribution in [0.3, 0.4) is 0 Å². The lowest BCUT2D eigenvalue weighted by Gasteiger charge is -2.06. The van der Waals surface area contributed by atoms with Crippen molar-refractivity contribution in [3.05, 3.63) is 88.5 Å². The molecule has 0 amide bonds. The fraction of sp³-hybridized carbons (Fsp3) is 0.0526. The van der Waals surface area contributed by atoms with Gasteiger partial charge in [0.1, 0.15) is 0 Å². The molecule has 0 aliphatic heterocycles. The highest BCUT2D eigenvalue weighted by atomic mass is 32.1. The first kappa shape index (κ1) is 16.0. The maximum atomic E-state index is 12.3. The van der Waals surface area contributed by atoms with Crippen molar-refractivity contribution in [3.8, 4) is 0 Å². The molecule has 0 aliphatic rings. The Labute approximate surface area is 143 Å². The summed E-state index contributed by atoms with van der Waals surface area (Å²) in [6.45, 7) is 1.86. The molecule has 3 aromatic rings. The van der Waals surface area contributed by atoms with E-state index in [1.807, 2.05) is 54.8 Å². The molecule has 1 aromatic carbocycles. The van der Waals surface area contributed by atoms with Crippen LogP contribution in [0, 0.1) is 0 Å². The Morgan fingerprint density at radius 3 is 2.62 bits per heavy atom. The lowest BCUT2D eigenvalue weighted by molar-refractivity contribution is 0.101. The van der Waals surface area contributed by atoms with Gasteiger partial charge in [0.2, 0.25) is 5.78 Å². The monoisotopic (exact) mass is 337 g/mol. The number of furan rings is 1. The van der Waals surface area contributed by atoms with Crippen molar-refractivity contribution in [3.63, 3.8) is 0 Å². The normalized spacial score (nSPS) is 12.2. The SMILES string of the molecule is C/C(=N\O/C(=C/C(=O)c1ccco1)c1ccccc1)c1cccs1. The summed E-state index contributed by atoms with van der Waals surface area (Å²) in [6.07, 6.45) is 2.85. The fourth-order valence-corrected chi connectivity index (χ4v) is 2.69. The quantitative estimate of drug-likeness (QED) is 0.209. The summed E-state index contributed by atoms with van der Waals surface area (Å²) >= 11 is 1.58. The molecular weight excluding hydrogens is 322 g/mol. The fourth-order valence-electron chi connectivity index (χ4n) is 2.02. The Hall–Kier alpha value is -2.92. The van der Waals surface area contributed by atoms with E-state index < -0.39 is 0 Å². The topological polar surface area (TPSA) is 51.8 Å². The third kappa shape index (κ3) is 3.88. The summed E-state index contributed by atoms with van der Waals surface area (Å²) in [5.74, 6) is 0.349. The van der Waals surface area contributed by atoms with Crippen molar-refractivity contribution >= 4 is 28.6 Å². The number of rotatable bonds is 6. The van der Waals surface area contributed by atoms with E-state index in [-0.39, 0.29) is 11.5 Å². The first-order chi connectivity index (χ1) is 11.7. The molecule has 0 atom stereocenters. The molecule has 0 unspecified atom stereocenters. The van der Waals surface area contributed by atoms with Crippen LogP contribution in [-0.2, 0) is 4.84 Å². The molecule has 0 bridgehead atoms. The van der Waals surface area contributed by atoms with Crippen molar-refractivity contribution in [2.75, 3.05) is 0 Å². The van der Waals surface area contributed by atoms with Gasteiger partial charge in [0.25, 0.3) is 0 Å². The highest BCUT2D eigenvalue weighted by Gasteiger charge is 2.11. The van der Waals surface area contributed by atoms with E-state index >= 15 is 0 Å². The number of hydrogen-bond acceptors (Lipinski definition) is 5. The molecule has 4 nitrogen and oxygen atoms in total. The number of thiophene rings is 1. The van der Waals surface area contributed by atoms with Crippen molar-refractivity contribution in [2.24, 2.45) is 5.16 Å². The molecular formula is C19H15NO3S. The smallest absolute Gasteiger partial charge is 0.224 e. The third-order valence-electron chi connectivity index (χ3n) is 3.24. The Morgan fingerprint density at radius 2 is 1.96 bits per heavy atom. The standard InChI is InChI=1S/C19H15NO3S/c1-14(19-10-6-12-24-19)20-23-18(15-7-3-2-4-8-15)13-16(21)17-9-5-11-22-17/h2-13H,1H3/b18-13+,20-14+. The zero-order chi connectivity index (χ0) is 16.8. The molecule has 2 aromatic heterocycles. The molecule has 0 saturated carbocycles. The number of ketones is 1. The van der Waals surface area contributed by atoms with Gasteiger partial charge in [-0.1, -0.05) is 41.6 Å². The molecule has 0 N–H and O–H groups in total. The molecule has 0 radical (unpaired) electrons. The number of hydrogen-bond donors (Lipinski definition) is 0. The Kier molecular flexibility index (Phi) is 5.03. The van der Waals surface area contributed by atoms with Gasteiger partial charge in [0.05, 0.1) is 16.9 Å². The van der Waals surface area contributed by atoms with E-state index in [1.54, 1.807) is 23.5 Å². The van der Waals surface area contributed by atoms with Crippen LogP contribution in [0.2, 0.25) is 0 Å². The summed E-state index contributed by atoms with van der Waals surface area (Å²) in [7, 11) is 0. The number of carbonyl (C=O) groups excluding carboxylic acids is 1. The highest BCUT2D eigenvalue weighted by molar-refractivity contribution is 7.12. The number of benzene rings is 1. The Bertz CT molecular complexity index is 847. The van der Waals surface area contributed by atoms with Crippen LogP contribution in [-0.4, -0.2) is 11.5 Å². The largest absolute Gasteiger partial charge is 0.461 e. The first-order valence-corrected chi connectivity index (χ1v) is 8.22. The first-order valence-electron chi connectivity index (χ1n) is 7.34. The second kappa shape index (κ2) is 7.57. The minimum atomic E-state index is -0.275. The second-order valence-electron chi connectivity index (χ2n) is 4.96. The molecule has 0 fully saturated rings. The minimum Gasteiger partial charge on any atom is -0.461 e. The molecule has 120 valence electrons. The zero-order valence-electron chi connectivity index (χ0n) is 13.0. The molecule has 0 spiro atoms. The molecule has 24 heavy (non-hydrogen) atoms. The maximum Gasteiger partial charge on any atom is 0.224 e. The predicted molar refractivity (Wildman–Crippen MR) is 95.1 cm³/mol. The van der Waals surface area contributed by atoms with Crippen molar-refractivity contribution in [2.45, 2.75) is 6.92 Å². The van der Waals surface area contributed by atoms with Crippen molar-refractivity contribution in [1.29, 1.82) is 0 Å². The number of oxime groups is 1. The molecule has 0 aliphatic carbocycles. The second-order valence-corrected chi connectivity index (χ2v) is 5.91. The number of allylic oxidation sites excluding steroid dienone is 1. The van der Waals surface area contributed by atoms with Gasteiger partial charge in [-0.05, 0) is 30.5 Å². The average molecular weight is 337 g/mol. The minimum absolute atomic E-state index is 0.256. The summed E-state index contributed by atoms with van der Waals surface area (Å²) in [4.78, 5) is 18.9. The molecule has 0 saturated heterocycles. The van der Waals surface area contributed by atoms with Crippen LogP contribution in [0.1, 0.15) is 27.9 Å². The summed E-state index contributed by atoms with van der Waals surface area (Å²) in [5.41, 5.74) is 1.51. The van der Waals surface area contributed by atoms with Gasteiger partial charge in [-0.15, -0.1) is 11.3 Å². The van der Waals surface area contributed by atoms with Gasteiger partial charge < -0.3 is 9.25 Å². The molecule has 2 heterocycles. The van der Waals surface area contributed by atoms with Gasteiger partial charge in [-0.2, -0.15) is 0 Å². The van der Waals surface area contributed by atoms with E-state index in [0.29, 0.717) is 5.76 Å². The van der Waals surface area contributed by atoms with Gasteiger partial charge in [0.15, 0.2) is 11.5 Å². The van der Waals surface area contributed by atoms with Crippen LogP contribution < -0.4 is 0 Å². The van der Waals surface area contributed by atoms with Crippen molar-refractivity contribution < 1.29 is 14.0 Å². The summed E-state index contributed by atoms with van der Waals surface area (Å²) in [6, 6.07) is 16.6. The third-order valence-corrected chi connectivity index (χ3v) is 4.22. The van der Waals surface area contributed by atoms with Crippen molar-refractivity contribution in [1.82, 2.24) is 0 Å². The lowest BCUT2D eigenvalue weighted by atomic mass is 10.1. The van der Waals surface area contributed by atoms with Crippen LogP contribution in [0.25, 0.3) is 5.76 Å². The highest BCUT2D eigenvalue weighted by Crippen LogP contribution is 2.19.